The van der Waals surface area contributed by atoms with E-state index in [1.807, 2.05) is 40.8 Å². The fourth-order valence-electron chi connectivity index (χ4n) is 1.52. The topological polar surface area (TPSA) is 45.1 Å². The summed E-state index contributed by atoms with van der Waals surface area (Å²) in [6.07, 6.45) is 1.78. The number of aromatic hydroxyl groups is 1. The van der Waals surface area contributed by atoms with Crippen molar-refractivity contribution in [2.45, 2.75) is 13.1 Å². The van der Waals surface area contributed by atoms with E-state index in [1.165, 1.54) is 5.56 Å². The summed E-state index contributed by atoms with van der Waals surface area (Å²) in [4.78, 5) is 4.10. The van der Waals surface area contributed by atoms with Crippen LogP contribution in [-0.4, -0.2) is 10.1 Å². The largest absolute Gasteiger partial charge is 0.505 e. The molecule has 0 aliphatic heterocycles. The molecule has 2 aromatic rings. The summed E-state index contributed by atoms with van der Waals surface area (Å²) in [5, 5.41) is 12.8. The van der Waals surface area contributed by atoms with Gasteiger partial charge in [0, 0.05) is 19.3 Å². The highest BCUT2D eigenvalue weighted by molar-refractivity contribution is 14.1. The Hall–Kier alpha value is -1.14. The lowest BCUT2D eigenvalue weighted by Gasteiger charge is -2.05. The van der Waals surface area contributed by atoms with Crippen LogP contribution in [0.25, 0.3) is 0 Å². The number of hydrogen-bond acceptors (Lipinski definition) is 3. The third-order valence-electron chi connectivity index (χ3n) is 2.38. The van der Waals surface area contributed by atoms with E-state index >= 15 is 0 Å². The van der Waals surface area contributed by atoms with Gasteiger partial charge >= 0.3 is 0 Å². The molecule has 0 spiro atoms. The van der Waals surface area contributed by atoms with Gasteiger partial charge in [0.2, 0.25) is 0 Å². The first-order chi connectivity index (χ1) is 8.25. The number of pyridine rings is 1. The second kappa shape index (κ2) is 5.97. The molecule has 0 unspecified atom stereocenters. The smallest absolute Gasteiger partial charge is 0.147 e. The molecular weight excluding hydrogens is 327 g/mol. The zero-order valence-corrected chi connectivity index (χ0v) is 11.4. The molecule has 1 heterocycles. The normalized spacial score (nSPS) is 10.4. The first kappa shape index (κ1) is 12.3. The Morgan fingerprint density at radius 1 is 1.12 bits per heavy atom. The highest BCUT2D eigenvalue weighted by atomic mass is 127. The van der Waals surface area contributed by atoms with Crippen LogP contribution in [0.2, 0.25) is 0 Å². The van der Waals surface area contributed by atoms with Crippen molar-refractivity contribution >= 4 is 22.6 Å². The van der Waals surface area contributed by atoms with Gasteiger partial charge in [-0.05, 0) is 39.8 Å². The summed E-state index contributed by atoms with van der Waals surface area (Å²) in [5.41, 5.74) is 2.23. The van der Waals surface area contributed by atoms with Gasteiger partial charge in [-0.1, -0.05) is 30.3 Å². The molecule has 0 amide bonds. The Labute approximate surface area is 114 Å². The van der Waals surface area contributed by atoms with Gasteiger partial charge in [-0.2, -0.15) is 0 Å². The fourth-order valence-corrected chi connectivity index (χ4v) is 1.82. The maximum Gasteiger partial charge on any atom is 0.147 e. The maximum absolute atomic E-state index is 9.52. The molecular formula is C13H13IN2O. The van der Waals surface area contributed by atoms with Gasteiger partial charge in [0.05, 0.1) is 0 Å². The van der Waals surface area contributed by atoms with Crippen LogP contribution in [0.1, 0.15) is 11.1 Å². The maximum atomic E-state index is 9.52. The Kier molecular flexibility index (Phi) is 4.33. The minimum atomic E-state index is 0.240. The molecule has 0 atom stereocenters. The van der Waals surface area contributed by atoms with Crippen LogP contribution >= 0.6 is 22.6 Å². The summed E-state index contributed by atoms with van der Waals surface area (Å²) >= 11 is 2.01. The van der Waals surface area contributed by atoms with E-state index in [1.54, 1.807) is 12.3 Å². The number of nitrogens with zero attached hydrogens (tertiary/aromatic N) is 1. The average molecular weight is 340 g/mol. The van der Waals surface area contributed by atoms with Crippen molar-refractivity contribution in [1.82, 2.24) is 10.3 Å². The number of hydrogen-bond donors (Lipinski definition) is 2. The molecule has 1 aromatic carbocycles. The number of benzene rings is 1. The summed E-state index contributed by atoms with van der Waals surface area (Å²) < 4.78 is 0.634. The predicted molar refractivity (Wildman–Crippen MR) is 75.6 cm³/mol. The standard InChI is InChI=1S/C13H13IN2O/c14-13-12(17)6-11(9-16-13)8-15-7-10-4-2-1-3-5-10/h1-6,9,15,17H,7-8H2. The van der Waals surface area contributed by atoms with E-state index in [4.69, 9.17) is 0 Å². The minimum Gasteiger partial charge on any atom is -0.505 e. The number of nitrogens with one attached hydrogen (secondary N) is 1. The molecule has 4 heteroatoms. The quantitative estimate of drug-likeness (QED) is 0.665. The Balaban J connectivity index is 1.88. The number of rotatable bonds is 4. The highest BCUT2D eigenvalue weighted by Gasteiger charge is 2.00. The van der Waals surface area contributed by atoms with Gasteiger partial charge in [-0.15, -0.1) is 0 Å². The zero-order valence-electron chi connectivity index (χ0n) is 9.23. The van der Waals surface area contributed by atoms with Crippen LogP contribution in [0.15, 0.2) is 42.6 Å². The van der Waals surface area contributed by atoms with Crippen molar-refractivity contribution in [3.63, 3.8) is 0 Å². The van der Waals surface area contributed by atoms with Crippen molar-refractivity contribution in [2.75, 3.05) is 0 Å². The molecule has 0 saturated heterocycles. The van der Waals surface area contributed by atoms with Crippen LogP contribution in [0.5, 0.6) is 5.75 Å². The van der Waals surface area contributed by atoms with Crippen molar-refractivity contribution in [3.05, 3.63) is 57.4 Å². The average Bonchev–Trinajstić information content (AvgIpc) is 2.35. The molecule has 0 bridgehead atoms. The van der Waals surface area contributed by atoms with Crippen molar-refractivity contribution < 1.29 is 5.11 Å². The Morgan fingerprint density at radius 2 is 1.82 bits per heavy atom. The van der Waals surface area contributed by atoms with Crippen molar-refractivity contribution in [3.8, 4) is 5.75 Å². The lowest BCUT2D eigenvalue weighted by atomic mass is 10.2. The van der Waals surface area contributed by atoms with Gasteiger partial charge in [-0.25, -0.2) is 4.98 Å². The molecule has 0 aliphatic carbocycles. The molecule has 88 valence electrons. The first-order valence-corrected chi connectivity index (χ1v) is 6.41. The lowest BCUT2D eigenvalue weighted by molar-refractivity contribution is 0.466. The number of aromatic nitrogens is 1. The Morgan fingerprint density at radius 3 is 2.53 bits per heavy atom. The molecule has 0 saturated carbocycles. The van der Waals surface area contributed by atoms with Gasteiger partial charge in [0.25, 0.3) is 0 Å². The summed E-state index contributed by atoms with van der Waals surface area (Å²) in [7, 11) is 0. The molecule has 0 radical (unpaired) electrons. The monoisotopic (exact) mass is 340 g/mol. The second-order valence-corrected chi connectivity index (χ2v) is 4.76. The Bertz CT molecular complexity index is 488. The molecule has 1 aromatic heterocycles. The predicted octanol–water partition coefficient (Wildman–Crippen LogP) is 2.68. The minimum absolute atomic E-state index is 0.240. The van der Waals surface area contributed by atoms with E-state index in [-0.39, 0.29) is 5.75 Å². The SMILES string of the molecule is Oc1cc(CNCc2ccccc2)cnc1I. The molecule has 2 rings (SSSR count). The van der Waals surface area contributed by atoms with Crippen LogP contribution < -0.4 is 5.32 Å². The molecule has 2 N–H and O–H groups in total. The van der Waals surface area contributed by atoms with Gasteiger partial charge in [-0.3, -0.25) is 0 Å². The van der Waals surface area contributed by atoms with E-state index in [2.05, 4.69) is 22.4 Å². The van der Waals surface area contributed by atoms with Crippen molar-refractivity contribution in [2.24, 2.45) is 0 Å². The van der Waals surface area contributed by atoms with E-state index < -0.39 is 0 Å². The zero-order chi connectivity index (χ0) is 12.1. The van der Waals surface area contributed by atoms with Gasteiger partial charge in [0.15, 0.2) is 0 Å². The summed E-state index contributed by atoms with van der Waals surface area (Å²) in [6, 6.07) is 12.0. The van der Waals surface area contributed by atoms with Crippen LogP contribution in [0, 0.1) is 3.70 Å². The molecule has 0 fully saturated rings. The molecule has 3 nitrogen and oxygen atoms in total. The summed E-state index contributed by atoms with van der Waals surface area (Å²) in [6.45, 7) is 1.51. The van der Waals surface area contributed by atoms with Crippen molar-refractivity contribution in [1.29, 1.82) is 0 Å². The van der Waals surface area contributed by atoms with Gasteiger partial charge < -0.3 is 10.4 Å². The lowest BCUT2D eigenvalue weighted by Crippen LogP contribution is -2.12. The molecule has 0 aliphatic rings. The fraction of sp³-hybridized carbons (Fsp3) is 0.154. The van der Waals surface area contributed by atoms with E-state index in [0.29, 0.717) is 10.2 Å². The van der Waals surface area contributed by atoms with Crippen LogP contribution in [0.3, 0.4) is 0 Å². The van der Waals surface area contributed by atoms with Crippen LogP contribution in [-0.2, 0) is 13.1 Å². The second-order valence-electron chi connectivity index (χ2n) is 3.74. The first-order valence-electron chi connectivity index (χ1n) is 5.34. The van der Waals surface area contributed by atoms with E-state index in [0.717, 1.165) is 12.1 Å². The number of halogens is 1. The van der Waals surface area contributed by atoms with Crippen LogP contribution in [0.4, 0.5) is 0 Å². The van der Waals surface area contributed by atoms with Gasteiger partial charge in [0.1, 0.15) is 9.45 Å². The third-order valence-corrected chi connectivity index (χ3v) is 3.21. The third kappa shape index (κ3) is 3.67. The molecule has 17 heavy (non-hydrogen) atoms. The highest BCUT2D eigenvalue weighted by Crippen LogP contribution is 2.17. The summed E-state index contributed by atoms with van der Waals surface area (Å²) in [5.74, 6) is 0.240. The van der Waals surface area contributed by atoms with E-state index in [9.17, 15) is 5.11 Å².